The summed E-state index contributed by atoms with van der Waals surface area (Å²) < 4.78 is 4.26. The number of fused-ring (bicyclic) bond motifs is 1. The Morgan fingerprint density at radius 1 is 1.37 bits per heavy atom. The van der Waals surface area contributed by atoms with Gasteiger partial charge in [0.15, 0.2) is 5.65 Å². The van der Waals surface area contributed by atoms with Crippen LogP contribution in [0, 0.1) is 12.8 Å². The van der Waals surface area contributed by atoms with Crippen molar-refractivity contribution in [3.05, 3.63) is 11.5 Å². The molecule has 3 rings (SSSR count). The molecule has 2 aromatic rings. The Hall–Kier alpha value is -1.03. The number of imidazole rings is 1. The van der Waals surface area contributed by atoms with Crippen molar-refractivity contribution in [3.8, 4) is 0 Å². The normalized spacial score (nSPS) is 18.5. The van der Waals surface area contributed by atoms with Crippen LogP contribution in [0.1, 0.15) is 50.2 Å². The molecule has 1 atom stereocenters. The molecule has 0 aromatic carbocycles. The lowest BCUT2D eigenvalue weighted by Gasteiger charge is -2.23. The SMILES string of the molecule is Cc1nn(C)c2c1nc(CCl)n2C(C)C1CCCC1. The van der Waals surface area contributed by atoms with Crippen molar-refractivity contribution in [2.45, 2.75) is 51.5 Å². The van der Waals surface area contributed by atoms with Crippen LogP contribution in [0.5, 0.6) is 0 Å². The van der Waals surface area contributed by atoms with Crippen LogP contribution in [0.2, 0.25) is 0 Å². The summed E-state index contributed by atoms with van der Waals surface area (Å²) in [6.07, 6.45) is 5.35. The van der Waals surface area contributed by atoms with Gasteiger partial charge in [-0.25, -0.2) is 4.98 Å². The Kier molecular flexibility index (Phi) is 3.29. The van der Waals surface area contributed by atoms with Gasteiger partial charge in [-0.2, -0.15) is 5.10 Å². The molecule has 1 saturated carbocycles. The van der Waals surface area contributed by atoms with Crippen molar-refractivity contribution in [2.24, 2.45) is 13.0 Å². The van der Waals surface area contributed by atoms with Crippen molar-refractivity contribution in [2.75, 3.05) is 0 Å². The summed E-state index contributed by atoms with van der Waals surface area (Å²) in [4.78, 5) is 4.69. The molecule has 1 unspecified atom stereocenters. The minimum atomic E-state index is 0.455. The quantitative estimate of drug-likeness (QED) is 0.806. The van der Waals surface area contributed by atoms with Gasteiger partial charge in [0.05, 0.1) is 11.6 Å². The third kappa shape index (κ3) is 1.97. The van der Waals surface area contributed by atoms with Gasteiger partial charge >= 0.3 is 0 Å². The van der Waals surface area contributed by atoms with E-state index in [1.54, 1.807) is 0 Å². The molecule has 1 aliphatic carbocycles. The van der Waals surface area contributed by atoms with Crippen LogP contribution in [0.25, 0.3) is 11.2 Å². The predicted octanol–water partition coefficient (Wildman–Crippen LogP) is 3.57. The molecule has 0 bridgehead atoms. The first-order valence-electron chi connectivity index (χ1n) is 7.10. The van der Waals surface area contributed by atoms with Gasteiger partial charge < -0.3 is 4.57 Å². The van der Waals surface area contributed by atoms with Gasteiger partial charge in [-0.3, -0.25) is 4.68 Å². The average Bonchev–Trinajstić information content (AvgIpc) is 3.08. The van der Waals surface area contributed by atoms with Crippen LogP contribution < -0.4 is 0 Å². The van der Waals surface area contributed by atoms with E-state index in [9.17, 15) is 0 Å². The Morgan fingerprint density at radius 3 is 2.68 bits per heavy atom. The van der Waals surface area contributed by atoms with E-state index in [1.165, 1.54) is 25.7 Å². The number of alkyl halides is 1. The molecule has 5 heteroatoms. The standard InChI is InChI=1S/C14H21ClN4/c1-9-13-14(18(3)17-9)19(12(8-15)16-13)10(2)11-6-4-5-7-11/h10-11H,4-8H2,1-3H3. The summed E-state index contributed by atoms with van der Waals surface area (Å²) in [5.74, 6) is 2.19. The Bertz CT molecular complexity index is 592. The lowest BCUT2D eigenvalue weighted by atomic mass is 9.99. The van der Waals surface area contributed by atoms with Crippen LogP contribution in [0.15, 0.2) is 0 Å². The fourth-order valence-corrected chi connectivity index (χ4v) is 3.70. The lowest BCUT2D eigenvalue weighted by molar-refractivity contribution is 0.358. The molecule has 0 saturated heterocycles. The summed E-state index contributed by atoms with van der Waals surface area (Å²) >= 11 is 6.10. The van der Waals surface area contributed by atoms with Gasteiger partial charge in [0, 0.05) is 13.1 Å². The van der Waals surface area contributed by atoms with Crippen molar-refractivity contribution >= 4 is 22.8 Å². The first-order valence-corrected chi connectivity index (χ1v) is 7.63. The van der Waals surface area contributed by atoms with Crippen molar-refractivity contribution < 1.29 is 0 Å². The number of nitrogens with zero attached hydrogens (tertiary/aromatic N) is 4. The largest absolute Gasteiger partial charge is 0.309 e. The molecule has 0 N–H and O–H groups in total. The van der Waals surface area contributed by atoms with E-state index < -0.39 is 0 Å². The van der Waals surface area contributed by atoms with Crippen molar-refractivity contribution in [3.63, 3.8) is 0 Å². The third-order valence-corrected chi connectivity index (χ3v) is 4.76. The minimum absolute atomic E-state index is 0.455. The van der Waals surface area contributed by atoms with Gasteiger partial charge in [0.25, 0.3) is 0 Å². The molecule has 2 aromatic heterocycles. The van der Waals surface area contributed by atoms with Gasteiger partial charge in [-0.1, -0.05) is 12.8 Å². The summed E-state index contributed by atoms with van der Waals surface area (Å²) in [6, 6.07) is 0.455. The molecular weight excluding hydrogens is 260 g/mol. The van der Waals surface area contributed by atoms with E-state index in [1.807, 2.05) is 18.7 Å². The molecule has 0 aliphatic heterocycles. The topological polar surface area (TPSA) is 35.6 Å². The molecule has 1 aliphatic rings. The van der Waals surface area contributed by atoms with Crippen LogP contribution in [-0.2, 0) is 12.9 Å². The molecule has 19 heavy (non-hydrogen) atoms. The maximum atomic E-state index is 6.10. The summed E-state index contributed by atoms with van der Waals surface area (Å²) in [7, 11) is 1.99. The van der Waals surface area contributed by atoms with Crippen LogP contribution in [0.4, 0.5) is 0 Å². The summed E-state index contributed by atoms with van der Waals surface area (Å²) in [5, 5.41) is 4.49. The van der Waals surface area contributed by atoms with E-state index in [0.717, 1.165) is 28.6 Å². The second-order valence-corrected chi connectivity index (χ2v) is 5.97. The molecule has 2 heterocycles. The highest BCUT2D eigenvalue weighted by molar-refractivity contribution is 6.16. The first-order chi connectivity index (χ1) is 9.13. The van der Waals surface area contributed by atoms with E-state index in [0.29, 0.717) is 11.9 Å². The predicted molar refractivity (Wildman–Crippen MR) is 77.5 cm³/mol. The Balaban J connectivity index is 2.14. The van der Waals surface area contributed by atoms with Gasteiger partial charge in [0.1, 0.15) is 11.3 Å². The highest BCUT2D eigenvalue weighted by atomic mass is 35.5. The zero-order valence-corrected chi connectivity index (χ0v) is 12.6. The molecule has 0 spiro atoms. The molecule has 0 amide bonds. The van der Waals surface area contributed by atoms with Crippen LogP contribution >= 0.6 is 11.6 Å². The number of rotatable bonds is 3. The summed E-state index contributed by atoms with van der Waals surface area (Å²) in [5.41, 5.74) is 3.11. The maximum absolute atomic E-state index is 6.10. The molecule has 104 valence electrons. The van der Waals surface area contributed by atoms with Gasteiger partial charge in [-0.05, 0) is 32.6 Å². The zero-order valence-electron chi connectivity index (χ0n) is 11.9. The van der Waals surface area contributed by atoms with E-state index >= 15 is 0 Å². The fraction of sp³-hybridized carbons (Fsp3) is 0.714. The molecule has 1 fully saturated rings. The van der Waals surface area contributed by atoms with E-state index in [-0.39, 0.29) is 0 Å². The van der Waals surface area contributed by atoms with Crippen molar-refractivity contribution in [1.29, 1.82) is 0 Å². The second kappa shape index (κ2) is 4.82. The number of hydrogen-bond donors (Lipinski definition) is 0. The first kappa shape index (κ1) is 13.0. The molecule has 0 radical (unpaired) electrons. The van der Waals surface area contributed by atoms with Gasteiger partial charge in [0.2, 0.25) is 0 Å². The smallest absolute Gasteiger partial charge is 0.158 e. The highest BCUT2D eigenvalue weighted by Gasteiger charge is 2.27. The minimum Gasteiger partial charge on any atom is -0.309 e. The average molecular weight is 281 g/mol. The molecule has 4 nitrogen and oxygen atoms in total. The molecular formula is C14H21ClN4. The van der Waals surface area contributed by atoms with Crippen LogP contribution in [0.3, 0.4) is 0 Å². The van der Waals surface area contributed by atoms with Gasteiger partial charge in [-0.15, -0.1) is 11.6 Å². The number of aryl methyl sites for hydroxylation is 2. The summed E-state index contributed by atoms with van der Waals surface area (Å²) in [6.45, 7) is 4.31. The third-order valence-electron chi connectivity index (χ3n) is 4.52. The maximum Gasteiger partial charge on any atom is 0.158 e. The number of halogens is 1. The van der Waals surface area contributed by atoms with E-state index in [4.69, 9.17) is 16.6 Å². The zero-order chi connectivity index (χ0) is 13.6. The number of aromatic nitrogens is 4. The highest BCUT2D eigenvalue weighted by Crippen LogP contribution is 2.36. The monoisotopic (exact) mass is 280 g/mol. The van der Waals surface area contributed by atoms with E-state index in [2.05, 4.69) is 16.6 Å². The lowest BCUT2D eigenvalue weighted by Crippen LogP contribution is -2.17. The van der Waals surface area contributed by atoms with Crippen molar-refractivity contribution in [1.82, 2.24) is 19.3 Å². The second-order valence-electron chi connectivity index (χ2n) is 5.70. The number of hydrogen-bond acceptors (Lipinski definition) is 2. The van der Waals surface area contributed by atoms with Crippen LogP contribution in [-0.4, -0.2) is 19.3 Å². The Morgan fingerprint density at radius 2 is 2.05 bits per heavy atom. The fourth-order valence-electron chi connectivity index (χ4n) is 3.51. The Labute approximate surface area is 118 Å².